The molecule has 1 spiro atoms. The Morgan fingerprint density at radius 1 is 0.417 bits per heavy atom. The van der Waals surface area contributed by atoms with E-state index in [-0.39, 0.29) is 0 Å². The maximum atomic E-state index is 5.78. The Morgan fingerprint density at radius 3 is 1.33 bits per heavy atom. The maximum Gasteiger partial charge on any atom is 0.213 e. The second kappa shape index (κ2) is 14.5. The number of para-hydroxylation sites is 5. The van der Waals surface area contributed by atoms with E-state index < -0.39 is 5.41 Å². The van der Waals surface area contributed by atoms with Crippen LogP contribution in [0.1, 0.15) is 22.3 Å². The number of hydrogen-bond acceptors (Lipinski definition) is 6. The van der Waals surface area contributed by atoms with Crippen molar-refractivity contribution < 1.29 is 4.74 Å². The summed E-state index contributed by atoms with van der Waals surface area (Å²) in [7, 11) is 1.67. The van der Waals surface area contributed by atoms with Crippen molar-refractivity contribution in [3.8, 4) is 17.3 Å². The average Bonchev–Trinajstić information content (AvgIpc) is 3.61. The van der Waals surface area contributed by atoms with Crippen LogP contribution < -0.4 is 19.4 Å². The zero-order chi connectivity index (χ0) is 40.0. The molecule has 0 radical (unpaired) electrons. The van der Waals surface area contributed by atoms with Crippen molar-refractivity contribution >= 4 is 51.2 Å². The fourth-order valence-electron chi connectivity index (χ4n) is 9.31. The summed E-state index contributed by atoms with van der Waals surface area (Å²) in [6.07, 6.45) is 1.87. The van der Waals surface area contributed by atoms with E-state index in [0.29, 0.717) is 5.88 Å². The molecule has 11 rings (SSSR count). The van der Waals surface area contributed by atoms with E-state index in [0.717, 1.165) is 84.8 Å². The van der Waals surface area contributed by atoms with Crippen molar-refractivity contribution in [2.45, 2.75) is 5.41 Å². The summed E-state index contributed by atoms with van der Waals surface area (Å²) >= 11 is 0. The van der Waals surface area contributed by atoms with Crippen LogP contribution in [0.25, 0.3) is 11.4 Å². The fraction of sp³-hybridized carbons (Fsp3) is 0.0370. The van der Waals surface area contributed by atoms with Crippen LogP contribution in [0, 0.1) is 0 Å². The zero-order valence-electron chi connectivity index (χ0n) is 32.9. The van der Waals surface area contributed by atoms with Crippen molar-refractivity contribution in [1.29, 1.82) is 0 Å². The summed E-state index contributed by atoms with van der Waals surface area (Å²) in [5.41, 5.74) is 14.8. The zero-order valence-corrected chi connectivity index (χ0v) is 32.9. The molecule has 0 unspecified atom stereocenters. The molecule has 0 bridgehead atoms. The number of pyridine rings is 2. The standard InChI is InChI=1S/C54H39N5O/c1-60-51-34-31-46-53(56-51)52-45(28-17-35-55-52)54(46)47-36-43(57(38-18-7-2-8-19-38)39-20-9-3-10-21-39)29-32-49(47)59(42-26-15-6-16-27-42)50-33-30-44(37-48(50)54)58(40-22-11-4-12-23-40)41-24-13-5-14-25-41/h2-37H,1H3. The summed E-state index contributed by atoms with van der Waals surface area (Å²) in [5.74, 6) is 0.547. The first-order chi connectivity index (χ1) is 29.7. The van der Waals surface area contributed by atoms with Gasteiger partial charge in [0.15, 0.2) is 0 Å². The number of benzene rings is 7. The lowest BCUT2D eigenvalue weighted by atomic mass is 9.64. The molecule has 60 heavy (non-hydrogen) atoms. The number of hydrogen-bond donors (Lipinski definition) is 0. The minimum Gasteiger partial charge on any atom is -0.481 e. The molecule has 6 heteroatoms. The van der Waals surface area contributed by atoms with Gasteiger partial charge in [-0.05, 0) is 126 Å². The minimum atomic E-state index is -0.835. The molecule has 0 N–H and O–H groups in total. The third-order valence-electron chi connectivity index (χ3n) is 11.8. The third kappa shape index (κ3) is 5.49. The van der Waals surface area contributed by atoms with Gasteiger partial charge in [-0.3, -0.25) is 4.98 Å². The molecule has 286 valence electrons. The van der Waals surface area contributed by atoms with Gasteiger partial charge in [0.2, 0.25) is 5.88 Å². The van der Waals surface area contributed by atoms with Crippen molar-refractivity contribution in [2.75, 3.05) is 21.8 Å². The highest BCUT2D eigenvalue weighted by Crippen LogP contribution is 2.64. The lowest BCUT2D eigenvalue weighted by Gasteiger charge is -2.45. The Balaban J connectivity index is 1.27. The van der Waals surface area contributed by atoms with Gasteiger partial charge in [-0.2, -0.15) is 0 Å². The van der Waals surface area contributed by atoms with Gasteiger partial charge in [0.1, 0.15) is 0 Å². The molecule has 0 amide bonds. The van der Waals surface area contributed by atoms with Crippen LogP contribution in [0.5, 0.6) is 5.88 Å². The van der Waals surface area contributed by atoms with Crippen LogP contribution in [0.15, 0.2) is 219 Å². The van der Waals surface area contributed by atoms with E-state index in [1.807, 2.05) is 12.3 Å². The molecule has 3 heterocycles. The monoisotopic (exact) mass is 773 g/mol. The van der Waals surface area contributed by atoms with Crippen molar-refractivity contribution in [2.24, 2.45) is 0 Å². The molecule has 6 nitrogen and oxygen atoms in total. The number of methoxy groups -OCH3 is 1. The van der Waals surface area contributed by atoms with Gasteiger partial charge in [0, 0.05) is 57.6 Å². The van der Waals surface area contributed by atoms with Crippen molar-refractivity contribution in [3.05, 3.63) is 241 Å². The van der Waals surface area contributed by atoms with Gasteiger partial charge >= 0.3 is 0 Å². The van der Waals surface area contributed by atoms with Crippen LogP contribution in [0.3, 0.4) is 0 Å². The first kappa shape index (κ1) is 35.2. The van der Waals surface area contributed by atoms with Crippen molar-refractivity contribution in [3.63, 3.8) is 0 Å². The van der Waals surface area contributed by atoms with Gasteiger partial charge in [0.25, 0.3) is 0 Å². The van der Waals surface area contributed by atoms with Gasteiger partial charge in [-0.25, -0.2) is 4.98 Å². The van der Waals surface area contributed by atoms with E-state index >= 15 is 0 Å². The average molecular weight is 774 g/mol. The highest BCUT2D eigenvalue weighted by Gasteiger charge is 2.53. The molecule has 7 aromatic carbocycles. The van der Waals surface area contributed by atoms with Gasteiger partial charge in [0.05, 0.1) is 35.3 Å². The Morgan fingerprint density at radius 2 is 0.867 bits per heavy atom. The molecular formula is C54H39N5O. The smallest absolute Gasteiger partial charge is 0.213 e. The topological polar surface area (TPSA) is 44.7 Å². The number of nitrogens with zero attached hydrogens (tertiary/aromatic N) is 5. The predicted molar refractivity (Wildman–Crippen MR) is 243 cm³/mol. The molecule has 0 saturated heterocycles. The summed E-state index contributed by atoms with van der Waals surface area (Å²) in [5, 5.41) is 0. The summed E-state index contributed by atoms with van der Waals surface area (Å²) in [6, 6.07) is 75.4. The Bertz CT molecular complexity index is 2770. The maximum absolute atomic E-state index is 5.78. The largest absolute Gasteiger partial charge is 0.481 e. The molecule has 2 aromatic heterocycles. The van der Waals surface area contributed by atoms with Gasteiger partial charge < -0.3 is 19.4 Å². The summed E-state index contributed by atoms with van der Waals surface area (Å²) in [4.78, 5) is 17.4. The van der Waals surface area contributed by atoms with Crippen LogP contribution in [-0.2, 0) is 5.41 Å². The van der Waals surface area contributed by atoms with Crippen LogP contribution >= 0.6 is 0 Å². The molecule has 2 aliphatic rings. The molecule has 0 saturated carbocycles. The molecular weight excluding hydrogens is 735 g/mol. The Hall–Kier alpha value is -7.96. The lowest BCUT2D eigenvalue weighted by Crippen LogP contribution is -2.36. The number of anilines is 9. The fourth-order valence-corrected chi connectivity index (χ4v) is 9.31. The first-order valence-corrected chi connectivity index (χ1v) is 20.2. The summed E-state index contributed by atoms with van der Waals surface area (Å²) < 4.78 is 5.78. The molecule has 0 fully saturated rings. The normalized spacial score (nSPS) is 12.8. The molecule has 1 aliphatic carbocycles. The highest BCUT2D eigenvalue weighted by atomic mass is 16.5. The van der Waals surface area contributed by atoms with E-state index in [9.17, 15) is 0 Å². The lowest BCUT2D eigenvalue weighted by molar-refractivity contribution is 0.398. The van der Waals surface area contributed by atoms with E-state index in [2.05, 4.69) is 221 Å². The van der Waals surface area contributed by atoms with Crippen molar-refractivity contribution in [1.82, 2.24) is 9.97 Å². The predicted octanol–water partition coefficient (Wildman–Crippen LogP) is 13.6. The SMILES string of the molecule is COc1ccc2c(n1)-c1ncccc1C21c2cc(N(c3ccccc3)c3ccccc3)ccc2N(c2ccccc2)c2ccc(N(c3ccccc3)c3ccccc3)cc21. The second-order valence-corrected chi connectivity index (χ2v) is 15.0. The number of aromatic nitrogens is 2. The molecule has 0 atom stereocenters. The molecule has 9 aromatic rings. The first-order valence-electron chi connectivity index (χ1n) is 20.2. The minimum absolute atomic E-state index is 0.547. The van der Waals surface area contributed by atoms with Gasteiger partial charge in [-0.1, -0.05) is 97.1 Å². The van der Waals surface area contributed by atoms with Crippen LogP contribution in [0.4, 0.5) is 51.2 Å². The highest BCUT2D eigenvalue weighted by molar-refractivity contribution is 5.97. The number of ether oxygens (including phenoxy) is 1. The van der Waals surface area contributed by atoms with E-state index in [4.69, 9.17) is 14.7 Å². The Kier molecular flexibility index (Phi) is 8.48. The number of rotatable bonds is 8. The quantitative estimate of drug-likeness (QED) is 0.153. The van der Waals surface area contributed by atoms with E-state index in [1.54, 1.807) is 7.11 Å². The second-order valence-electron chi connectivity index (χ2n) is 15.0. The number of fused-ring (bicyclic) bond motifs is 9. The van der Waals surface area contributed by atoms with Gasteiger partial charge in [-0.15, -0.1) is 0 Å². The van der Waals surface area contributed by atoms with E-state index in [1.165, 1.54) is 0 Å². The third-order valence-corrected chi connectivity index (χ3v) is 11.8. The Labute approximate surface area is 349 Å². The van der Waals surface area contributed by atoms with Crippen LogP contribution in [-0.4, -0.2) is 17.1 Å². The van der Waals surface area contributed by atoms with Crippen LogP contribution in [0.2, 0.25) is 0 Å². The summed E-state index contributed by atoms with van der Waals surface area (Å²) in [6.45, 7) is 0. The molecule has 1 aliphatic heterocycles.